The van der Waals surface area contributed by atoms with Crippen molar-refractivity contribution >= 4 is 5.97 Å². The zero-order chi connectivity index (χ0) is 48.3. The third-order valence-electron chi connectivity index (χ3n) is 11.8. The average Bonchev–Trinajstić information content (AvgIpc) is 3.37. The van der Waals surface area contributed by atoms with Gasteiger partial charge in [-0.1, -0.05) is 158 Å². The Kier molecular flexibility index (Phi) is 20.1. The van der Waals surface area contributed by atoms with Gasteiger partial charge in [0, 0.05) is 0 Å². The standard InChI is InChI=1S/C57H68O12/c1-5-6-22-33-62-54-48(58)51(64-37-44-29-18-10-19-30-44)50(47(66-54)40-61-35-42-25-14-8-15-26-42)68-55-53(69-56(59)57(2,3)4)52(65-38-45-31-20-11-21-32-45)49(63-36-43-27-16-9-17-28-43)46(67-55)39-60-34-41-23-12-7-13-24-41/h5,7-21,23-32,46-55,58H,1,6,22,33-40H2,2-4H3/t46-,47-,48+,49+,50-,51-,52+,53-,54+,55+/m1/s1. The summed E-state index contributed by atoms with van der Waals surface area (Å²) < 4.78 is 66.8. The first-order chi connectivity index (χ1) is 33.7. The summed E-state index contributed by atoms with van der Waals surface area (Å²) >= 11 is 0. The molecule has 2 aliphatic heterocycles. The lowest BCUT2D eigenvalue weighted by atomic mass is 9.94. The number of carbonyl (C=O) groups excluding carboxylic acids is 1. The maximum atomic E-state index is 14.2. The maximum absolute atomic E-state index is 14.2. The highest BCUT2D eigenvalue weighted by molar-refractivity contribution is 5.75. The van der Waals surface area contributed by atoms with Crippen molar-refractivity contribution in [2.45, 2.75) is 128 Å². The van der Waals surface area contributed by atoms with Gasteiger partial charge < -0.3 is 52.5 Å². The second kappa shape index (κ2) is 26.8. The number of aliphatic hydroxyl groups excluding tert-OH is 1. The van der Waals surface area contributed by atoms with Gasteiger partial charge in [0.15, 0.2) is 18.7 Å². The second-order valence-electron chi connectivity index (χ2n) is 18.4. The molecule has 12 nitrogen and oxygen atoms in total. The topological polar surface area (TPSA) is 130 Å². The predicted octanol–water partition coefficient (Wildman–Crippen LogP) is 9.31. The van der Waals surface area contributed by atoms with Crippen LogP contribution < -0.4 is 0 Å². The molecule has 0 saturated carbocycles. The molecular weight excluding hydrogens is 877 g/mol. The van der Waals surface area contributed by atoms with Crippen molar-refractivity contribution in [3.63, 3.8) is 0 Å². The monoisotopic (exact) mass is 944 g/mol. The van der Waals surface area contributed by atoms with Gasteiger partial charge in [0.2, 0.25) is 0 Å². The molecule has 2 fully saturated rings. The first-order valence-electron chi connectivity index (χ1n) is 23.9. The van der Waals surface area contributed by atoms with E-state index in [1.165, 1.54) is 0 Å². The Bertz CT molecular complexity index is 2210. The van der Waals surface area contributed by atoms with Crippen LogP contribution in [0.25, 0.3) is 0 Å². The van der Waals surface area contributed by atoms with Crippen LogP contribution in [-0.2, 0) is 85.2 Å². The molecule has 5 aromatic rings. The number of rotatable bonds is 25. The fourth-order valence-electron chi connectivity index (χ4n) is 8.08. The van der Waals surface area contributed by atoms with Gasteiger partial charge in [-0.2, -0.15) is 0 Å². The van der Waals surface area contributed by atoms with Gasteiger partial charge in [-0.05, 0) is 61.4 Å². The number of hydrogen-bond acceptors (Lipinski definition) is 12. The smallest absolute Gasteiger partial charge is 0.311 e. The normalized spacial score (nSPS) is 24.9. The van der Waals surface area contributed by atoms with Gasteiger partial charge in [0.1, 0.15) is 42.7 Å². The van der Waals surface area contributed by atoms with Gasteiger partial charge in [0.05, 0.1) is 58.3 Å². The van der Waals surface area contributed by atoms with Gasteiger partial charge in [-0.25, -0.2) is 0 Å². The Balaban J connectivity index is 1.28. The van der Waals surface area contributed by atoms with Gasteiger partial charge in [-0.3, -0.25) is 4.79 Å². The molecule has 0 radical (unpaired) electrons. The highest BCUT2D eigenvalue weighted by Gasteiger charge is 2.55. The summed E-state index contributed by atoms with van der Waals surface area (Å²) in [6.45, 7) is 10.6. The number of unbranched alkanes of at least 4 members (excludes halogenated alkanes) is 1. The third-order valence-corrected chi connectivity index (χ3v) is 11.8. The summed E-state index contributed by atoms with van der Waals surface area (Å²) in [7, 11) is 0. The van der Waals surface area contributed by atoms with Gasteiger partial charge in [0.25, 0.3) is 0 Å². The largest absolute Gasteiger partial charge is 0.454 e. The van der Waals surface area contributed by atoms with Crippen LogP contribution in [0.3, 0.4) is 0 Å². The minimum absolute atomic E-state index is 0.0174. The lowest BCUT2D eigenvalue weighted by Crippen LogP contribution is -2.66. The molecule has 0 bridgehead atoms. The van der Waals surface area contributed by atoms with Crippen molar-refractivity contribution in [3.8, 4) is 0 Å². The van der Waals surface area contributed by atoms with Crippen molar-refractivity contribution in [2.24, 2.45) is 5.41 Å². The van der Waals surface area contributed by atoms with Crippen LogP contribution in [0.15, 0.2) is 164 Å². The molecule has 2 aliphatic rings. The van der Waals surface area contributed by atoms with Crippen LogP contribution in [0, 0.1) is 5.41 Å². The molecule has 7 rings (SSSR count). The second-order valence-corrected chi connectivity index (χ2v) is 18.4. The number of esters is 1. The van der Waals surface area contributed by atoms with Crippen molar-refractivity contribution in [1.29, 1.82) is 0 Å². The minimum atomic E-state index is -1.33. The molecule has 0 aliphatic carbocycles. The molecule has 1 N–H and O–H groups in total. The summed E-state index contributed by atoms with van der Waals surface area (Å²) in [5.41, 5.74) is 3.71. The lowest BCUT2D eigenvalue weighted by molar-refractivity contribution is -0.371. The molecule has 69 heavy (non-hydrogen) atoms. The van der Waals surface area contributed by atoms with E-state index in [0.29, 0.717) is 19.6 Å². The van der Waals surface area contributed by atoms with Crippen molar-refractivity contribution in [3.05, 3.63) is 192 Å². The molecule has 5 aromatic carbocycles. The van der Waals surface area contributed by atoms with E-state index in [0.717, 1.165) is 34.2 Å². The Labute approximate surface area is 407 Å². The highest BCUT2D eigenvalue weighted by atomic mass is 16.8. The molecule has 0 amide bonds. The number of aliphatic hydroxyl groups is 1. The zero-order valence-corrected chi connectivity index (χ0v) is 40.0. The van der Waals surface area contributed by atoms with E-state index < -0.39 is 72.8 Å². The Morgan fingerprint density at radius 3 is 1.39 bits per heavy atom. The van der Waals surface area contributed by atoms with E-state index in [9.17, 15) is 9.90 Å². The average molecular weight is 945 g/mol. The van der Waals surface area contributed by atoms with Crippen molar-refractivity contribution in [2.75, 3.05) is 19.8 Å². The van der Waals surface area contributed by atoms with E-state index >= 15 is 0 Å². The molecular formula is C57H68O12. The van der Waals surface area contributed by atoms with E-state index in [2.05, 4.69) is 6.58 Å². The van der Waals surface area contributed by atoms with Gasteiger partial charge in [-0.15, -0.1) is 6.58 Å². The molecule has 368 valence electrons. The maximum Gasteiger partial charge on any atom is 0.311 e. The summed E-state index contributed by atoms with van der Waals surface area (Å²) in [4.78, 5) is 14.2. The molecule has 12 heteroatoms. The summed E-state index contributed by atoms with van der Waals surface area (Å²) in [5, 5.41) is 12.3. The minimum Gasteiger partial charge on any atom is -0.454 e. The number of carbonyl (C=O) groups is 1. The lowest BCUT2D eigenvalue weighted by Gasteiger charge is -2.49. The van der Waals surface area contributed by atoms with Crippen LogP contribution in [0.4, 0.5) is 0 Å². The predicted molar refractivity (Wildman–Crippen MR) is 260 cm³/mol. The van der Waals surface area contributed by atoms with Crippen LogP contribution in [0.1, 0.15) is 61.4 Å². The number of allylic oxidation sites excluding steroid dienone is 1. The first-order valence-corrected chi connectivity index (χ1v) is 23.9. The molecule has 0 aromatic heterocycles. The molecule has 0 unspecified atom stereocenters. The number of hydrogen-bond donors (Lipinski definition) is 1. The summed E-state index contributed by atoms with van der Waals surface area (Å²) in [6.07, 6.45) is -7.38. The zero-order valence-electron chi connectivity index (χ0n) is 40.0. The summed E-state index contributed by atoms with van der Waals surface area (Å²) in [6, 6.07) is 48.9. The molecule has 10 atom stereocenters. The number of benzene rings is 5. The van der Waals surface area contributed by atoms with Crippen LogP contribution in [-0.4, -0.2) is 92.3 Å². The van der Waals surface area contributed by atoms with E-state index in [4.69, 9.17) is 47.4 Å². The van der Waals surface area contributed by atoms with Crippen LogP contribution >= 0.6 is 0 Å². The fourth-order valence-corrected chi connectivity index (χ4v) is 8.08. The van der Waals surface area contributed by atoms with Gasteiger partial charge >= 0.3 is 5.97 Å². The third kappa shape index (κ3) is 15.7. The molecule has 2 heterocycles. The van der Waals surface area contributed by atoms with Crippen LogP contribution in [0.5, 0.6) is 0 Å². The van der Waals surface area contributed by atoms with Crippen molar-refractivity contribution < 1.29 is 57.3 Å². The Morgan fingerprint density at radius 2 is 0.942 bits per heavy atom. The highest BCUT2D eigenvalue weighted by Crippen LogP contribution is 2.36. The quantitative estimate of drug-likeness (QED) is 0.0340. The first kappa shape index (κ1) is 51.8. The Morgan fingerprint density at radius 1 is 0.536 bits per heavy atom. The van der Waals surface area contributed by atoms with E-state index in [-0.39, 0.29) is 39.6 Å². The van der Waals surface area contributed by atoms with Crippen molar-refractivity contribution in [1.82, 2.24) is 0 Å². The van der Waals surface area contributed by atoms with E-state index in [1.807, 2.05) is 158 Å². The van der Waals surface area contributed by atoms with Crippen LogP contribution in [0.2, 0.25) is 0 Å². The molecule has 0 spiro atoms. The number of ether oxygens (including phenoxy) is 10. The fraction of sp³-hybridized carbons (Fsp3) is 0.421. The van der Waals surface area contributed by atoms with E-state index in [1.54, 1.807) is 20.8 Å². The molecule has 2 saturated heterocycles. The SMILES string of the molecule is C=CCCCO[C@H]1O[C@H](COCc2ccccc2)[C@@H](O[C@@H]2O[C@H](COCc3ccccc3)[C@H](OCc3ccccc3)[C@H](OCc3ccccc3)[C@H]2OC(=O)C(C)(C)C)[C@H](OCc2ccccc2)[C@@H]1O. The summed E-state index contributed by atoms with van der Waals surface area (Å²) in [5.74, 6) is -0.508. The Hall–Kier alpha value is -5.09.